The van der Waals surface area contributed by atoms with Crippen molar-refractivity contribution in [2.75, 3.05) is 20.2 Å². The van der Waals surface area contributed by atoms with Crippen molar-refractivity contribution in [1.29, 1.82) is 0 Å². The Labute approximate surface area is 165 Å². The number of nitrogens with zero attached hydrogens (tertiary/aromatic N) is 2. The molecule has 0 aliphatic carbocycles. The number of hydrogen-bond acceptors (Lipinski definition) is 2. The van der Waals surface area contributed by atoms with Gasteiger partial charge in [0.25, 0.3) is 0 Å². The van der Waals surface area contributed by atoms with Crippen LogP contribution in [0.2, 0.25) is 0 Å². The molecule has 1 saturated heterocycles. The summed E-state index contributed by atoms with van der Waals surface area (Å²) in [6.07, 6.45) is 2.80. The minimum atomic E-state index is 0.384. The summed E-state index contributed by atoms with van der Waals surface area (Å²) in [5.41, 5.74) is 6.90. The van der Waals surface area contributed by atoms with Gasteiger partial charge in [0.1, 0.15) is 0 Å². The summed E-state index contributed by atoms with van der Waals surface area (Å²) in [7, 11) is 1.84. The van der Waals surface area contributed by atoms with Crippen molar-refractivity contribution in [2.24, 2.45) is 0 Å². The smallest absolute Gasteiger partial charge is 0.0698 e. The molecule has 2 aromatic rings. The maximum Gasteiger partial charge on any atom is 0.0698 e. The van der Waals surface area contributed by atoms with E-state index in [1.165, 1.54) is 47.5 Å². The molecule has 1 fully saturated rings. The van der Waals surface area contributed by atoms with E-state index >= 15 is 0 Å². The van der Waals surface area contributed by atoms with Crippen LogP contribution in [0.15, 0.2) is 30.3 Å². The number of likely N-dealkylation sites (tertiary alicyclic amines) is 1. The van der Waals surface area contributed by atoms with Crippen LogP contribution in [0.25, 0.3) is 11.3 Å². The van der Waals surface area contributed by atoms with Gasteiger partial charge in [-0.25, -0.2) is 0 Å². The molecule has 0 bridgehead atoms. The average Bonchev–Trinajstić information content (AvgIpc) is 2.98. The Morgan fingerprint density at radius 3 is 2.41 bits per heavy atom. The van der Waals surface area contributed by atoms with Crippen LogP contribution in [0.5, 0.6) is 0 Å². The first-order valence-electron chi connectivity index (χ1n) is 10.5. The molecule has 1 aromatic carbocycles. The Kier molecular flexibility index (Phi) is 6.44. The summed E-state index contributed by atoms with van der Waals surface area (Å²) in [5, 5.41) is 0. The van der Waals surface area contributed by atoms with Gasteiger partial charge >= 0.3 is 0 Å². The number of hydrogen-bond donors (Lipinski definition) is 0. The molecular weight excluding hydrogens is 332 g/mol. The number of ether oxygens (including phenoxy) is 1. The number of methoxy groups -OCH3 is 1. The van der Waals surface area contributed by atoms with Crippen LogP contribution in [-0.2, 0) is 11.3 Å². The van der Waals surface area contributed by atoms with E-state index < -0.39 is 0 Å². The van der Waals surface area contributed by atoms with Crippen LogP contribution in [0.1, 0.15) is 69.3 Å². The van der Waals surface area contributed by atoms with E-state index in [4.69, 9.17) is 4.74 Å². The van der Waals surface area contributed by atoms with Crippen molar-refractivity contribution < 1.29 is 4.74 Å². The topological polar surface area (TPSA) is 17.4 Å². The molecule has 27 heavy (non-hydrogen) atoms. The summed E-state index contributed by atoms with van der Waals surface area (Å²) in [4.78, 5) is 2.55. The van der Waals surface area contributed by atoms with Gasteiger partial charge in [0.2, 0.25) is 0 Å². The lowest BCUT2D eigenvalue weighted by Gasteiger charge is -2.31. The molecule has 1 aliphatic rings. The van der Waals surface area contributed by atoms with Gasteiger partial charge in [-0.15, -0.1) is 0 Å². The van der Waals surface area contributed by atoms with Crippen LogP contribution in [-0.4, -0.2) is 35.8 Å². The highest BCUT2D eigenvalue weighted by atomic mass is 16.5. The number of benzene rings is 1. The zero-order valence-corrected chi connectivity index (χ0v) is 18.0. The molecule has 148 valence electrons. The highest BCUT2D eigenvalue weighted by Gasteiger charge is 2.22. The van der Waals surface area contributed by atoms with E-state index in [1.54, 1.807) is 0 Å². The molecule has 1 atom stereocenters. The van der Waals surface area contributed by atoms with E-state index in [0.717, 1.165) is 13.1 Å². The van der Waals surface area contributed by atoms with Gasteiger partial charge in [-0.3, -0.25) is 4.90 Å². The number of piperidine rings is 1. The van der Waals surface area contributed by atoms with E-state index in [1.807, 2.05) is 7.11 Å². The molecular formula is C24H36N2O. The molecule has 0 spiro atoms. The van der Waals surface area contributed by atoms with E-state index in [2.05, 4.69) is 74.4 Å². The third kappa shape index (κ3) is 4.47. The summed E-state index contributed by atoms with van der Waals surface area (Å²) < 4.78 is 8.11. The summed E-state index contributed by atoms with van der Waals surface area (Å²) in [5.74, 6) is 0.570. The zero-order chi connectivity index (χ0) is 19.6. The predicted octanol–water partition coefficient (Wildman–Crippen LogP) is 5.78. The minimum Gasteiger partial charge on any atom is -0.380 e. The Hall–Kier alpha value is -1.58. The minimum absolute atomic E-state index is 0.384. The van der Waals surface area contributed by atoms with Crippen LogP contribution in [0, 0.1) is 6.92 Å². The lowest BCUT2D eigenvalue weighted by atomic mass is 10.0. The third-order valence-corrected chi connectivity index (χ3v) is 5.98. The second kappa shape index (κ2) is 8.62. The molecule has 3 rings (SSSR count). The van der Waals surface area contributed by atoms with Gasteiger partial charge in [0, 0.05) is 37.6 Å². The molecule has 2 heterocycles. The summed E-state index contributed by atoms with van der Waals surface area (Å²) >= 11 is 0. The highest BCUT2D eigenvalue weighted by Crippen LogP contribution is 2.31. The standard InChI is InChI=1S/C24H36N2O/c1-17(2)20-9-11-21(12-10-20)24-14-22(19(5)26(24)18(3)4)15-25-13-7-8-23(16-25)27-6/h9-12,14,17-18,23H,7-8,13,15-16H2,1-6H3. The van der Waals surface area contributed by atoms with Crippen molar-refractivity contribution in [3.63, 3.8) is 0 Å². The molecule has 1 unspecified atom stereocenters. The monoisotopic (exact) mass is 368 g/mol. The van der Waals surface area contributed by atoms with Crippen molar-refractivity contribution in [2.45, 2.75) is 72.1 Å². The number of aromatic nitrogens is 1. The van der Waals surface area contributed by atoms with E-state index in [-0.39, 0.29) is 0 Å². The third-order valence-electron chi connectivity index (χ3n) is 5.98. The number of rotatable bonds is 6. The van der Waals surface area contributed by atoms with Crippen LogP contribution in [0.4, 0.5) is 0 Å². The lowest BCUT2D eigenvalue weighted by Crippen LogP contribution is -2.38. The second-order valence-electron chi connectivity index (χ2n) is 8.62. The SMILES string of the molecule is COC1CCCN(Cc2cc(-c3ccc(C(C)C)cc3)n(C(C)C)c2C)C1. The summed E-state index contributed by atoms with van der Waals surface area (Å²) in [6, 6.07) is 12.0. The Balaban J connectivity index is 1.89. The fraction of sp³-hybridized carbons (Fsp3) is 0.583. The Bertz CT molecular complexity index is 742. The van der Waals surface area contributed by atoms with Gasteiger partial charge in [-0.1, -0.05) is 38.1 Å². The fourth-order valence-corrected chi connectivity index (χ4v) is 4.35. The first kappa shape index (κ1) is 20.2. The van der Waals surface area contributed by atoms with Crippen LogP contribution >= 0.6 is 0 Å². The predicted molar refractivity (Wildman–Crippen MR) is 114 cm³/mol. The van der Waals surface area contributed by atoms with E-state index in [0.29, 0.717) is 18.1 Å². The normalized spacial score (nSPS) is 18.6. The maximum absolute atomic E-state index is 5.61. The van der Waals surface area contributed by atoms with Crippen LogP contribution in [0.3, 0.4) is 0 Å². The summed E-state index contributed by atoms with van der Waals surface area (Å²) in [6.45, 7) is 14.6. The highest BCUT2D eigenvalue weighted by molar-refractivity contribution is 5.63. The molecule has 3 heteroatoms. The maximum atomic E-state index is 5.61. The molecule has 0 amide bonds. The van der Waals surface area contributed by atoms with Crippen LogP contribution < -0.4 is 0 Å². The van der Waals surface area contributed by atoms with Crippen molar-refractivity contribution in [3.05, 3.63) is 47.2 Å². The fourth-order valence-electron chi connectivity index (χ4n) is 4.35. The molecule has 1 aliphatic heterocycles. The van der Waals surface area contributed by atoms with Gasteiger partial charge in [-0.05, 0) is 68.8 Å². The van der Waals surface area contributed by atoms with E-state index in [9.17, 15) is 0 Å². The molecule has 0 radical (unpaired) electrons. The van der Waals surface area contributed by atoms with Crippen molar-refractivity contribution in [3.8, 4) is 11.3 Å². The van der Waals surface area contributed by atoms with Crippen molar-refractivity contribution in [1.82, 2.24) is 9.47 Å². The largest absolute Gasteiger partial charge is 0.380 e. The lowest BCUT2D eigenvalue weighted by molar-refractivity contribution is 0.0285. The van der Waals surface area contributed by atoms with Gasteiger partial charge in [-0.2, -0.15) is 0 Å². The molecule has 0 N–H and O–H groups in total. The Morgan fingerprint density at radius 1 is 1.11 bits per heavy atom. The first-order valence-corrected chi connectivity index (χ1v) is 10.5. The average molecular weight is 369 g/mol. The van der Waals surface area contributed by atoms with Crippen molar-refractivity contribution >= 4 is 0 Å². The Morgan fingerprint density at radius 2 is 1.81 bits per heavy atom. The quantitative estimate of drug-likeness (QED) is 0.643. The van der Waals surface area contributed by atoms with Gasteiger partial charge in [0.15, 0.2) is 0 Å². The van der Waals surface area contributed by atoms with Gasteiger partial charge < -0.3 is 9.30 Å². The molecule has 1 aromatic heterocycles. The zero-order valence-electron chi connectivity index (χ0n) is 18.0. The molecule has 0 saturated carbocycles. The van der Waals surface area contributed by atoms with Gasteiger partial charge in [0.05, 0.1) is 6.10 Å². The second-order valence-corrected chi connectivity index (χ2v) is 8.62. The first-order chi connectivity index (χ1) is 12.9. The molecule has 3 nitrogen and oxygen atoms in total.